The Morgan fingerprint density at radius 2 is 1.82 bits per heavy atom. The van der Waals surface area contributed by atoms with Crippen LogP contribution in [0.1, 0.15) is 10.8 Å². The lowest BCUT2D eigenvalue weighted by molar-refractivity contribution is 0.369. The standard InChI is InChI=1S/C24H20N4O3S2/c1-32-17-10-8-16(9-11-17)22-25-21(31-26-22)15-28-20-7-3-2-6-19(20)23(29)27(24(28)30)13-12-18-5-4-14-33-18/h2-11,14H,12-13,15H2,1H3. The summed E-state index contributed by atoms with van der Waals surface area (Å²) in [6.45, 7) is 0.383. The third-order valence-electron chi connectivity index (χ3n) is 5.40. The predicted molar refractivity (Wildman–Crippen MR) is 131 cm³/mol. The van der Waals surface area contributed by atoms with Crippen molar-refractivity contribution < 1.29 is 4.52 Å². The number of thioether (sulfide) groups is 1. The van der Waals surface area contributed by atoms with Crippen LogP contribution in [0.3, 0.4) is 0 Å². The Labute approximate surface area is 197 Å². The molecule has 0 aliphatic rings. The molecule has 0 aliphatic heterocycles. The number of hydrogen-bond acceptors (Lipinski definition) is 7. The Balaban J connectivity index is 1.51. The van der Waals surface area contributed by atoms with Crippen LogP contribution in [0.2, 0.25) is 0 Å². The first-order valence-electron chi connectivity index (χ1n) is 10.4. The van der Waals surface area contributed by atoms with Crippen LogP contribution in [0, 0.1) is 0 Å². The van der Waals surface area contributed by atoms with Gasteiger partial charge in [0.25, 0.3) is 5.56 Å². The number of hydrogen-bond donors (Lipinski definition) is 0. The SMILES string of the molecule is CSc1ccc(-c2noc(Cn3c(=O)n(CCc4cccs4)c(=O)c4ccccc43)n2)cc1. The van der Waals surface area contributed by atoms with Gasteiger partial charge in [-0.25, -0.2) is 4.79 Å². The smallest absolute Gasteiger partial charge is 0.331 e. The molecule has 7 nitrogen and oxygen atoms in total. The lowest BCUT2D eigenvalue weighted by Gasteiger charge is -2.12. The third kappa shape index (κ3) is 4.29. The maximum Gasteiger partial charge on any atom is 0.331 e. The minimum Gasteiger partial charge on any atom is -0.337 e. The number of aromatic nitrogens is 4. The first-order valence-corrected chi connectivity index (χ1v) is 12.5. The summed E-state index contributed by atoms with van der Waals surface area (Å²) in [6.07, 6.45) is 2.63. The van der Waals surface area contributed by atoms with Crippen molar-refractivity contribution in [2.24, 2.45) is 0 Å². The van der Waals surface area contributed by atoms with Gasteiger partial charge in [-0.3, -0.25) is 13.9 Å². The van der Waals surface area contributed by atoms with Gasteiger partial charge in [-0.2, -0.15) is 4.98 Å². The van der Waals surface area contributed by atoms with E-state index in [1.54, 1.807) is 47.4 Å². The van der Waals surface area contributed by atoms with Gasteiger partial charge >= 0.3 is 5.69 Å². The normalized spacial score (nSPS) is 11.3. The largest absolute Gasteiger partial charge is 0.337 e. The minimum absolute atomic E-state index is 0.0779. The van der Waals surface area contributed by atoms with Crippen molar-refractivity contribution in [3.8, 4) is 11.4 Å². The van der Waals surface area contributed by atoms with Crippen LogP contribution in [0.15, 0.2) is 85.1 Å². The molecule has 0 atom stereocenters. The van der Waals surface area contributed by atoms with Gasteiger partial charge < -0.3 is 4.52 Å². The molecule has 0 bridgehead atoms. The van der Waals surface area contributed by atoms with Gasteiger partial charge in [0.05, 0.1) is 10.9 Å². The second-order valence-electron chi connectivity index (χ2n) is 7.41. The molecule has 0 radical (unpaired) electrons. The highest BCUT2D eigenvalue weighted by atomic mass is 32.2. The zero-order valence-electron chi connectivity index (χ0n) is 17.8. The summed E-state index contributed by atoms with van der Waals surface area (Å²) in [6, 6.07) is 18.9. The molecule has 0 N–H and O–H groups in total. The van der Waals surface area contributed by atoms with E-state index in [1.165, 1.54) is 9.13 Å². The fraction of sp³-hybridized carbons (Fsp3) is 0.167. The summed E-state index contributed by atoms with van der Waals surface area (Å²) in [7, 11) is 0. The van der Waals surface area contributed by atoms with Crippen molar-refractivity contribution in [3.63, 3.8) is 0 Å². The van der Waals surface area contributed by atoms with Crippen molar-refractivity contribution in [3.05, 3.63) is 97.6 Å². The van der Waals surface area contributed by atoms with E-state index in [1.807, 2.05) is 48.0 Å². The molecule has 0 saturated carbocycles. The summed E-state index contributed by atoms with van der Waals surface area (Å²) in [5.74, 6) is 0.760. The number of aryl methyl sites for hydroxylation is 1. The molecule has 5 aromatic rings. The maximum absolute atomic E-state index is 13.4. The van der Waals surface area contributed by atoms with Crippen molar-refractivity contribution >= 4 is 34.0 Å². The number of rotatable bonds is 7. The third-order valence-corrected chi connectivity index (χ3v) is 7.08. The number of para-hydroxylation sites is 1. The molecule has 0 spiro atoms. The molecular weight excluding hydrogens is 456 g/mol. The van der Waals surface area contributed by atoms with Gasteiger partial charge in [0.15, 0.2) is 0 Å². The summed E-state index contributed by atoms with van der Waals surface area (Å²) < 4.78 is 8.28. The summed E-state index contributed by atoms with van der Waals surface area (Å²) >= 11 is 3.27. The average molecular weight is 477 g/mol. The van der Waals surface area contributed by atoms with E-state index in [9.17, 15) is 9.59 Å². The van der Waals surface area contributed by atoms with Gasteiger partial charge in [-0.1, -0.05) is 23.4 Å². The van der Waals surface area contributed by atoms with Crippen LogP contribution in [0.5, 0.6) is 0 Å². The molecule has 0 fully saturated rings. The lowest BCUT2D eigenvalue weighted by Crippen LogP contribution is -2.40. The number of thiophene rings is 1. The lowest BCUT2D eigenvalue weighted by atomic mass is 10.2. The summed E-state index contributed by atoms with van der Waals surface area (Å²) in [4.78, 5) is 33.2. The Morgan fingerprint density at radius 3 is 2.58 bits per heavy atom. The Kier molecular flexibility index (Phi) is 5.97. The molecule has 0 aliphatic carbocycles. The van der Waals surface area contributed by atoms with Crippen molar-refractivity contribution in [2.75, 3.05) is 6.26 Å². The van der Waals surface area contributed by atoms with Gasteiger partial charge in [-0.05, 0) is 60.5 Å². The molecule has 5 rings (SSSR count). The zero-order chi connectivity index (χ0) is 22.8. The minimum atomic E-state index is -0.390. The van der Waals surface area contributed by atoms with E-state index in [-0.39, 0.29) is 17.8 Å². The van der Waals surface area contributed by atoms with Gasteiger partial charge in [0.1, 0.15) is 6.54 Å². The number of benzene rings is 2. The molecule has 3 aromatic heterocycles. The van der Waals surface area contributed by atoms with Gasteiger partial charge in [-0.15, -0.1) is 23.1 Å². The summed E-state index contributed by atoms with van der Waals surface area (Å²) in [5.41, 5.74) is 0.702. The zero-order valence-corrected chi connectivity index (χ0v) is 19.4. The van der Waals surface area contributed by atoms with Crippen LogP contribution < -0.4 is 11.2 Å². The van der Waals surface area contributed by atoms with Crippen LogP contribution in [-0.2, 0) is 19.5 Å². The Hall–Kier alpha value is -3.43. The van der Waals surface area contributed by atoms with Gasteiger partial charge in [0, 0.05) is 21.9 Å². The van der Waals surface area contributed by atoms with Crippen LogP contribution in [0.4, 0.5) is 0 Å². The number of nitrogens with zero attached hydrogens (tertiary/aromatic N) is 4. The van der Waals surface area contributed by atoms with E-state index in [2.05, 4.69) is 10.1 Å². The highest BCUT2D eigenvalue weighted by Gasteiger charge is 2.16. The van der Waals surface area contributed by atoms with Crippen LogP contribution in [0.25, 0.3) is 22.3 Å². The first kappa shape index (κ1) is 21.4. The molecule has 33 heavy (non-hydrogen) atoms. The van der Waals surface area contributed by atoms with Gasteiger partial charge in [0.2, 0.25) is 11.7 Å². The topological polar surface area (TPSA) is 82.9 Å². The maximum atomic E-state index is 13.4. The molecule has 166 valence electrons. The predicted octanol–water partition coefficient (Wildman–Crippen LogP) is 4.29. The molecule has 9 heteroatoms. The second-order valence-corrected chi connectivity index (χ2v) is 9.32. The second kappa shape index (κ2) is 9.21. The van der Waals surface area contributed by atoms with Crippen LogP contribution in [-0.4, -0.2) is 25.5 Å². The molecular formula is C24H20N4O3S2. The van der Waals surface area contributed by atoms with Crippen molar-refractivity contribution in [1.29, 1.82) is 0 Å². The molecule has 2 aromatic carbocycles. The van der Waals surface area contributed by atoms with E-state index in [4.69, 9.17) is 4.52 Å². The Bertz CT molecular complexity index is 1520. The number of fused-ring (bicyclic) bond motifs is 1. The molecule has 3 heterocycles. The summed E-state index contributed by atoms with van der Waals surface area (Å²) in [5, 5.41) is 6.55. The Morgan fingerprint density at radius 1 is 1.00 bits per heavy atom. The molecule has 0 amide bonds. The first-order chi connectivity index (χ1) is 16.1. The van der Waals surface area contributed by atoms with Crippen LogP contribution >= 0.6 is 23.1 Å². The highest BCUT2D eigenvalue weighted by molar-refractivity contribution is 7.98. The van der Waals surface area contributed by atoms with E-state index < -0.39 is 0 Å². The van der Waals surface area contributed by atoms with Crippen molar-refractivity contribution in [2.45, 2.75) is 24.4 Å². The average Bonchev–Trinajstić information content (AvgIpc) is 3.54. The fourth-order valence-corrected chi connectivity index (χ4v) is 4.82. The van der Waals surface area contributed by atoms with E-state index in [0.717, 1.165) is 15.3 Å². The van der Waals surface area contributed by atoms with Crippen molar-refractivity contribution in [1.82, 2.24) is 19.3 Å². The van der Waals surface area contributed by atoms with E-state index in [0.29, 0.717) is 35.6 Å². The highest BCUT2D eigenvalue weighted by Crippen LogP contribution is 2.21. The molecule has 0 saturated heterocycles. The monoisotopic (exact) mass is 476 g/mol. The molecule has 0 unspecified atom stereocenters. The fourth-order valence-electron chi connectivity index (χ4n) is 3.71. The quantitative estimate of drug-likeness (QED) is 0.326. The van der Waals surface area contributed by atoms with E-state index >= 15 is 0 Å².